The van der Waals surface area contributed by atoms with Crippen LogP contribution in [-0.2, 0) is 11.2 Å². The Morgan fingerprint density at radius 1 is 1.42 bits per heavy atom. The van der Waals surface area contributed by atoms with Gasteiger partial charge in [-0.3, -0.25) is 0 Å². The molecule has 0 spiro atoms. The molecule has 1 aliphatic heterocycles. The Morgan fingerprint density at radius 2 is 2.12 bits per heavy atom. The summed E-state index contributed by atoms with van der Waals surface area (Å²) in [7, 11) is 0.610. The van der Waals surface area contributed by atoms with Crippen molar-refractivity contribution in [2.45, 2.75) is 58.7 Å². The summed E-state index contributed by atoms with van der Waals surface area (Å²) >= 11 is 0. The second kappa shape index (κ2) is 7.26. The monoisotopic (exact) mass is 323 g/mol. The average molecular weight is 323 g/mol. The minimum absolute atomic E-state index is 0.0204. The van der Waals surface area contributed by atoms with Crippen molar-refractivity contribution in [2.24, 2.45) is 5.92 Å². The highest BCUT2D eigenvalue weighted by Gasteiger charge is 2.35. The first kappa shape index (κ1) is 18.3. The molecule has 0 aliphatic carbocycles. The molecule has 1 N–H and O–H groups in total. The van der Waals surface area contributed by atoms with Crippen LogP contribution in [0.5, 0.6) is 5.75 Å². The van der Waals surface area contributed by atoms with Crippen LogP contribution in [0.2, 0.25) is 5.31 Å². The summed E-state index contributed by atoms with van der Waals surface area (Å²) in [5, 5.41) is 18.9. The van der Waals surface area contributed by atoms with Crippen molar-refractivity contribution in [3.63, 3.8) is 0 Å². The zero-order chi connectivity index (χ0) is 17.9. The molecule has 0 radical (unpaired) electrons. The highest BCUT2D eigenvalue weighted by Crippen LogP contribution is 2.41. The first-order valence-corrected chi connectivity index (χ1v) is 8.72. The van der Waals surface area contributed by atoms with Crippen LogP contribution < -0.4 is 0 Å². The average Bonchev–Trinajstić information content (AvgIpc) is 2.45. The summed E-state index contributed by atoms with van der Waals surface area (Å²) in [6.45, 7) is 8.53. The van der Waals surface area contributed by atoms with Crippen LogP contribution in [0, 0.1) is 17.2 Å². The molecule has 0 saturated carbocycles. The van der Waals surface area contributed by atoms with Gasteiger partial charge in [-0.15, -0.1) is 0 Å². The molecule has 1 atom stereocenters. The Morgan fingerprint density at radius 3 is 2.67 bits per heavy atom. The van der Waals surface area contributed by atoms with Crippen molar-refractivity contribution in [3.05, 3.63) is 40.5 Å². The van der Waals surface area contributed by atoms with Gasteiger partial charge in [-0.05, 0) is 60.7 Å². The molecule has 0 aromatic heterocycles. The van der Waals surface area contributed by atoms with Gasteiger partial charge in [-0.25, -0.2) is 0 Å². The number of hydrogen-bond donors (Lipinski definition) is 1. The van der Waals surface area contributed by atoms with Gasteiger partial charge in [-0.2, -0.15) is 5.26 Å². The predicted octanol–water partition coefficient (Wildman–Crippen LogP) is 4.10. The summed E-state index contributed by atoms with van der Waals surface area (Å²) in [5.74, 6) is 0.206. The molecule has 1 unspecified atom stereocenters. The topological polar surface area (TPSA) is 61.1 Å². The number of carbonyl (C=O) groups is 1. The van der Waals surface area contributed by atoms with E-state index in [0.29, 0.717) is 7.28 Å². The van der Waals surface area contributed by atoms with E-state index in [0.717, 1.165) is 36.8 Å². The normalized spacial score (nSPS) is 18.0. The third-order valence-corrected chi connectivity index (χ3v) is 4.85. The Labute approximate surface area is 145 Å². The van der Waals surface area contributed by atoms with E-state index >= 15 is 0 Å². The van der Waals surface area contributed by atoms with E-state index < -0.39 is 0 Å². The van der Waals surface area contributed by atoms with Crippen molar-refractivity contribution in [1.82, 2.24) is 0 Å². The molecule has 0 amide bonds. The Balaban J connectivity index is 2.31. The fourth-order valence-electron chi connectivity index (χ4n) is 4.00. The number of phenolic OH excluding ortho intramolecular Hbond substituents is 1. The van der Waals surface area contributed by atoms with Crippen LogP contribution in [0.15, 0.2) is 29.3 Å². The van der Waals surface area contributed by atoms with Crippen molar-refractivity contribution in [1.29, 1.82) is 5.26 Å². The molecule has 24 heavy (non-hydrogen) atoms. The highest BCUT2D eigenvalue weighted by molar-refractivity contribution is 6.80. The van der Waals surface area contributed by atoms with Gasteiger partial charge in [0, 0.05) is 0 Å². The van der Waals surface area contributed by atoms with Crippen LogP contribution in [-0.4, -0.2) is 18.1 Å². The molecule has 1 aliphatic rings. The van der Waals surface area contributed by atoms with Crippen LogP contribution in [0.1, 0.15) is 58.1 Å². The first-order valence-electron chi connectivity index (χ1n) is 8.72. The van der Waals surface area contributed by atoms with Crippen molar-refractivity contribution in [2.75, 3.05) is 0 Å². The molecule has 2 rings (SSSR count). The number of aromatic hydroxyl groups is 1. The van der Waals surface area contributed by atoms with Gasteiger partial charge in [0.05, 0.1) is 5.56 Å². The molecule has 0 bridgehead atoms. The Bertz CT molecular complexity index is 713. The number of nitriles is 1. The van der Waals surface area contributed by atoms with E-state index in [1.165, 1.54) is 5.57 Å². The lowest BCUT2D eigenvalue weighted by Gasteiger charge is -2.33. The largest absolute Gasteiger partial charge is 0.507 e. The maximum atomic E-state index is 12.7. The minimum atomic E-state index is 0.0204. The quantitative estimate of drug-likeness (QED) is 0.830. The molecule has 1 heterocycles. The lowest BCUT2D eigenvalue weighted by atomic mass is 9.44. The maximum Gasteiger partial charge on any atom is 0.217 e. The molecule has 4 heteroatoms. The molecular formula is C20H26BNO2. The lowest BCUT2D eigenvalue weighted by molar-refractivity contribution is -0.109. The highest BCUT2D eigenvalue weighted by atomic mass is 16.3. The molecule has 0 saturated heterocycles. The van der Waals surface area contributed by atoms with E-state index in [1.54, 1.807) is 12.1 Å². The molecular weight excluding hydrogens is 297 g/mol. The van der Waals surface area contributed by atoms with Crippen LogP contribution in [0.25, 0.3) is 0 Å². The number of benzene rings is 1. The summed E-state index contributed by atoms with van der Waals surface area (Å²) in [6.07, 6.45) is 3.67. The third-order valence-electron chi connectivity index (χ3n) is 4.85. The zero-order valence-electron chi connectivity index (χ0n) is 15.1. The second-order valence-electron chi connectivity index (χ2n) is 7.79. The van der Waals surface area contributed by atoms with Crippen molar-refractivity contribution < 1.29 is 9.90 Å². The van der Waals surface area contributed by atoms with Crippen LogP contribution >= 0.6 is 0 Å². The Kier molecular flexibility index (Phi) is 5.54. The van der Waals surface area contributed by atoms with Gasteiger partial charge < -0.3 is 9.90 Å². The fourth-order valence-corrected chi connectivity index (χ4v) is 4.00. The molecule has 126 valence electrons. The van der Waals surface area contributed by atoms with Crippen LogP contribution in [0.4, 0.5) is 0 Å². The number of hydrogen-bond acceptors (Lipinski definition) is 3. The molecule has 1 aromatic carbocycles. The maximum absolute atomic E-state index is 12.7. The number of carbonyl (C=O) groups excluding carboxylic acids is 1. The molecule has 0 fully saturated rings. The number of nitrogens with zero attached hydrogens (tertiary/aromatic N) is 1. The Hall–Kier alpha value is -2.02. The summed E-state index contributed by atoms with van der Waals surface area (Å²) < 4.78 is 0. The van der Waals surface area contributed by atoms with Gasteiger partial charge in [0.25, 0.3) is 0 Å². The van der Waals surface area contributed by atoms with E-state index in [4.69, 9.17) is 5.26 Å². The number of rotatable bonds is 5. The molecule has 3 nitrogen and oxygen atoms in total. The van der Waals surface area contributed by atoms with Gasteiger partial charge in [0.1, 0.15) is 17.5 Å². The summed E-state index contributed by atoms with van der Waals surface area (Å²) in [4.78, 5) is 12.7. The van der Waals surface area contributed by atoms with Gasteiger partial charge in [0.2, 0.25) is 7.28 Å². The van der Waals surface area contributed by atoms with Crippen molar-refractivity contribution in [3.8, 4) is 11.8 Å². The van der Waals surface area contributed by atoms with Crippen LogP contribution in [0.3, 0.4) is 0 Å². The van der Waals surface area contributed by atoms with E-state index in [2.05, 4.69) is 27.7 Å². The fraction of sp³-hybridized carbons (Fsp3) is 0.500. The van der Waals surface area contributed by atoms with E-state index in [-0.39, 0.29) is 28.2 Å². The lowest BCUT2D eigenvalue weighted by Crippen LogP contribution is -2.33. The smallest absolute Gasteiger partial charge is 0.217 e. The van der Waals surface area contributed by atoms with Crippen molar-refractivity contribution >= 4 is 13.0 Å². The first-order chi connectivity index (χ1) is 11.3. The molecule has 1 aromatic rings. The summed E-state index contributed by atoms with van der Waals surface area (Å²) in [6, 6.07) is 7.17. The van der Waals surface area contributed by atoms with E-state index in [1.807, 2.05) is 12.1 Å². The standard InChI is InChI=1S/C20H26BNO2/c1-5-6-15(9-14-7-8-16(12-22)17(23)10-14)18-13(2)11-20(3,4)21-19(18)24/h7-8,10,15,21,23H,5-6,9,11H2,1-4H3. The zero-order valence-corrected chi connectivity index (χ0v) is 15.1. The second-order valence-corrected chi connectivity index (χ2v) is 7.79. The van der Waals surface area contributed by atoms with Gasteiger partial charge in [-0.1, -0.05) is 38.8 Å². The number of allylic oxidation sites excluding steroid dienone is 2. The summed E-state index contributed by atoms with van der Waals surface area (Å²) in [5.41, 5.74) is 3.76. The van der Waals surface area contributed by atoms with E-state index in [9.17, 15) is 9.90 Å². The minimum Gasteiger partial charge on any atom is -0.507 e. The van der Waals surface area contributed by atoms with Gasteiger partial charge in [0.15, 0.2) is 0 Å². The SMILES string of the molecule is CCCC(Cc1ccc(C#N)c(O)c1)C1=C(C)CC(C)(C)BC1=O. The predicted molar refractivity (Wildman–Crippen MR) is 98.4 cm³/mol. The number of phenols is 1. The van der Waals surface area contributed by atoms with Gasteiger partial charge >= 0.3 is 0 Å². The third kappa shape index (κ3) is 4.09.